The van der Waals surface area contributed by atoms with E-state index in [-0.39, 0.29) is 0 Å². The van der Waals surface area contributed by atoms with E-state index in [0.29, 0.717) is 0 Å². The summed E-state index contributed by atoms with van der Waals surface area (Å²) >= 11 is 0. The van der Waals surface area contributed by atoms with Crippen molar-refractivity contribution in [3.63, 3.8) is 0 Å². The van der Waals surface area contributed by atoms with Gasteiger partial charge in [-0.2, -0.15) is 0 Å². The predicted octanol–water partition coefficient (Wildman–Crippen LogP) is 3.15. The molecule has 1 aliphatic carbocycles. The monoisotopic (exact) mass is 274 g/mol. The number of nitrogens with zero attached hydrogens (tertiary/aromatic N) is 2. The van der Waals surface area contributed by atoms with E-state index in [0.717, 1.165) is 24.9 Å². The fraction of sp³-hybridized carbons (Fsp3) is 0.647. The number of ether oxygens (including phenoxy) is 1. The van der Waals surface area contributed by atoms with E-state index in [1.54, 1.807) is 7.11 Å². The second-order valence-electron chi connectivity index (χ2n) is 6.01. The molecule has 110 valence electrons. The average Bonchev–Trinajstić information content (AvgIpc) is 2.56. The van der Waals surface area contributed by atoms with Gasteiger partial charge in [-0.05, 0) is 37.1 Å². The lowest BCUT2D eigenvalue weighted by Gasteiger charge is -2.41. The maximum absolute atomic E-state index is 5.23. The van der Waals surface area contributed by atoms with Gasteiger partial charge in [-0.15, -0.1) is 0 Å². The van der Waals surface area contributed by atoms with E-state index in [4.69, 9.17) is 4.74 Å². The van der Waals surface area contributed by atoms with E-state index in [1.165, 1.54) is 50.9 Å². The highest BCUT2D eigenvalue weighted by molar-refractivity contribution is 5.49. The Hall–Kier alpha value is -1.22. The van der Waals surface area contributed by atoms with Crippen LogP contribution >= 0.6 is 0 Å². The lowest BCUT2D eigenvalue weighted by atomic mass is 9.94. The van der Waals surface area contributed by atoms with Crippen LogP contribution in [0.15, 0.2) is 24.3 Å². The summed E-state index contributed by atoms with van der Waals surface area (Å²) in [5.74, 6) is 0.939. The van der Waals surface area contributed by atoms with Gasteiger partial charge in [0.25, 0.3) is 0 Å². The first-order valence-corrected chi connectivity index (χ1v) is 8.00. The Balaban J connectivity index is 1.54. The lowest BCUT2D eigenvalue weighted by molar-refractivity contribution is 0.148. The standard InChI is InChI=1S/C17H26N2O/c1-20-17-9-7-16(8-10-17)19-13-11-18(12-14-19)15-5-3-2-4-6-15/h7-10,15H,2-6,11-14H2,1H3. The predicted molar refractivity (Wildman–Crippen MR) is 83.7 cm³/mol. The highest BCUT2D eigenvalue weighted by atomic mass is 16.5. The second kappa shape index (κ2) is 6.49. The number of piperazine rings is 1. The Kier molecular flexibility index (Phi) is 4.46. The molecule has 0 radical (unpaired) electrons. The van der Waals surface area contributed by atoms with Crippen molar-refractivity contribution in [3.05, 3.63) is 24.3 Å². The highest BCUT2D eigenvalue weighted by Crippen LogP contribution is 2.25. The van der Waals surface area contributed by atoms with E-state index in [2.05, 4.69) is 34.1 Å². The number of hydrogen-bond donors (Lipinski definition) is 0. The van der Waals surface area contributed by atoms with Gasteiger partial charge in [0.1, 0.15) is 5.75 Å². The smallest absolute Gasteiger partial charge is 0.119 e. The zero-order chi connectivity index (χ0) is 13.8. The molecule has 3 rings (SSSR count). The Morgan fingerprint density at radius 3 is 2.15 bits per heavy atom. The first-order chi connectivity index (χ1) is 9.86. The molecular weight excluding hydrogens is 248 g/mol. The minimum absolute atomic E-state index is 0.863. The van der Waals surface area contributed by atoms with Gasteiger partial charge in [0.05, 0.1) is 7.11 Å². The number of rotatable bonds is 3. The first-order valence-electron chi connectivity index (χ1n) is 8.00. The van der Waals surface area contributed by atoms with Crippen molar-refractivity contribution >= 4 is 5.69 Å². The van der Waals surface area contributed by atoms with Crippen molar-refractivity contribution in [1.29, 1.82) is 0 Å². The molecule has 0 atom stereocenters. The molecule has 20 heavy (non-hydrogen) atoms. The molecule has 1 aromatic carbocycles. The number of hydrogen-bond acceptors (Lipinski definition) is 3. The molecule has 3 nitrogen and oxygen atoms in total. The van der Waals surface area contributed by atoms with Gasteiger partial charge >= 0.3 is 0 Å². The third-order valence-electron chi connectivity index (χ3n) is 4.84. The minimum Gasteiger partial charge on any atom is -0.497 e. The Morgan fingerprint density at radius 1 is 0.900 bits per heavy atom. The minimum atomic E-state index is 0.863. The number of benzene rings is 1. The van der Waals surface area contributed by atoms with Crippen molar-refractivity contribution in [3.8, 4) is 5.75 Å². The van der Waals surface area contributed by atoms with Gasteiger partial charge in [0, 0.05) is 37.9 Å². The maximum atomic E-state index is 5.23. The van der Waals surface area contributed by atoms with Crippen molar-refractivity contribution < 1.29 is 4.74 Å². The third-order valence-corrected chi connectivity index (χ3v) is 4.84. The van der Waals surface area contributed by atoms with Crippen LogP contribution in [0.2, 0.25) is 0 Å². The van der Waals surface area contributed by atoms with E-state index < -0.39 is 0 Å². The lowest BCUT2D eigenvalue weighted by Crippen LogP contribution is -2.50. The SMILES string of the molecule is COc1ccc(N2CCN(C3CCCCC3)CC2)cc1. The van der Waals surface area contributed by atoms with Crippen LogP contribution in [-0.4, -0.2) is 44.2 Å². The molecule has 2 aliphatic rings. The first kappa shape index (κ1) is 13.7. The quantitative estimate of drug-likeness (QED) is 0.842. The molecular formula is C17H26N2O. The topological polar surface area (TPSA) is 15.7 Å². The molecule has 1 heterocycles. The maximum Gasteiger partial charge on any atom is 0.119 e. The fourth-order valence-corrected chi connectivity index (χ4v) is 3.58. The average molecular weight is 274 g/mol. The highest BCUT2D eigenvalue weighted by Gasteiger charge is 2.25. The summed E-state index contributed by atoms with van der Waals surface area (Å²) in [6.07, 6.45) is 7.15. The van der Waals surface area contributed by atoms with Gasteiger partial charge < -0.3 is 9.64 Å². The summed E-state index contributed by atoms with van der Waals surface area (Å²) in [4.78, 5) is 5.22. The summed E-state index contributed by atoms with van der Waals surface area (Å²) < 4.78 is 5.23. The van der Waals surface area contributed by atoms with Crippen LogP contribution in [0.3, 0.4) is 0 Å². The van der Waals surface area contributed by atoms with E-state index in [1.807, 2.05) is 0 Å². The molecule has 0 spiro atoms. The largest absolute Gasteiger partial charge is 0.497 e. The zero-order valence-electron chi connectivity index (χ0n) is 12.6. The van der Waals surface area contributed by atoms with Gasteiger partial charge in [-0.3, -0.25) is 4.90 Å². The van der Waals surface area contributed by atoms with Crippen LogP contribution < -0.4 is 9.64 Å². The van der Waals surface area contributed by atoms with Gasteiger partial charge in [0.2, 0.25) is 0 Å². The molecule has 1 saturated heterocycles. The molecule has 3 heteroatoms. The van der Waals surface area contributed by atoms with Crippen LogP contribution in [0.1, 0.15) is 32.1 Å². The molecule has 0 unspecified atom stereocenters. The number of methoxy groups -OCH3 is 1. The van der Waals surface area contributed by atoms with Gasteiger partial charge in [0.15, 0.2) is 0 Å². The summed E-state index contributed by atoms with van der Waals surface area (Å²) in [5, 5.41) is 0. The van der Waals surface area contributed by atoms with Crippen molar-refractivity contribution in [2.75, 3.05) is 38.2 Å². The van der Waals surface area contributed by atoms with Crippen LogP contribution in [0.5, 0.6) is 5.75 Å². The van der Waals surface area contributed by atoms with Crippen LogP contribution in [0.4, 0.5) is 5.69 Å². The van der Waals surface area contributed by atoms with E-state index >= 15 is 0 Å². The van der Waals surface area contributed by atoms with Gasteiger partial charge in [-0.1, -0.05) is 19.3 Å². The molecule has 1 saturated carbocycles. The third kappa shape index (κ3) is 3.09. The Bertz CT molecular complexity index is 404. The fourth-order valence-electron chi connectivity index (χ4n) is 3.58. The summed E-state index contributed by atoms with van der Waals surface area (Å²) in [6, 6.07) is 9.33. The summed E-state index contributed by atoms with van der Waals surface area (Å²) in [7, 11) is 1.72. The molecule has 1 aromatic rings. The Morgan fingerprint density at radius 2 is 1.55 bits per heavy atom. The second-order valence-corrected chi connectivity index (χ2v) is 6.01. The van der Waals surface area contributed by atoms with Crippen molar-refractivity contribution in [2.45, 2.75) is 38.1 Å². The normalized spacial score (nSPS) is 21.9. The van der Waals surface area contributed by atoms with Crippen molar-refractivity contribution in [2.24, 2.45) is 0 Å². The van der Waals surface area contributed by atoms with Crippen molar-refractivity contribution in [1.82, 2.24) is 4.90 Å². The van der Waals surface area contributed by atoms with Crippen LogP contribution in [0.25, 0.3) is 0 Å². The molecule has 0 amide bonds. The summed E-state index contributed by atoms with van der Waals surface area (Å²) in [6.45, 7) is 4.75. The number of anilines is 1. The van der Waals surface area contributed by atoms with E-state index in [9.17, 15) is 0 Å². The zero-order valence-corrected chi connectivity index (χ0v) is 12.6. The molecule has 2 fully saturated rings. The van der Waals surface area contributed by atoms with Gasteiger partial charge in [-0.25, -0.2) is 0 Å². The molecule has 0 aromatic heterocycles. The molecule has 0 N–H and O–H groups in total. The molecule has 0 bridgehead atoms. The molecule has 1 aliphatic heterocycles. The summed E-state index contributed by atoms with van der Waals surface area (Å²) in [5.41, 5.74) is 1.33. The van der Waals surface area contributed by atoms with Crippen LogP contribution in [0, 0.1) is 0 Å². The van der Waals surface area contributed by atoms with Crippen LogP contribution in [-0.2, 0) is 0 Å². The Labute approximate surface area is 122 Å².